The van der Waals surface area contributed by atoms with E-state index in [9.17, 15) is 0 Å². The molecule has 0 spiro atoms. The number of hydrogen-bond donors (Lipinski definition) is 0. The summed E-state index contributed by atoms with van der Waals surface area (Å²) in [6.07, 6.45) is 5.91. The molecule has 0 bridgehead atoms. The van der Waals surface area contributed by atoms with E-state index in [0.717, 1.165) is 5.56 Å². The quantitative estimate of drug-likeness (QED) is 0.237. The maximum Gasteiger partial charge on any atom is 0.0249 e. The summed E-state index contributed by atoms with van der Waals surface area (Å²) in [6, 6.07) is 50.1. The monoisotopic (exact) mass is 470 g/mol. The fourth-order valence-electron chi connectivity index (χ4n) is 4.14. The van der Waals surface area contributed by atoms with Gasteiger partial charge in [-0.2, -0.15) is 0 Å². The van der Waals surface area contributed by atoms with Crippen LogP contribution in [-0.2, 0) is 0 Å². The van der Waals surface area contributed by atoms with E-state index in [1.54, 1.807) is 0 Å². The van der Waals surface area contributed by atoms with Gasteiger partial charge in [-0.1, -0.05) is 133 Å². The predicted molar refractivity (Wildman–Crippen MR) is 152 cm³/mol. The third kappa shape index (κ3) is 4.74. The number of hydrogen-bond acceptors (Lipinski definition) is 0. The molecule has 5 rings (SSSR count). The van der Waals surface area contributed by atoms with Crippen molar-refractivity contribution in [3.8, 4) is 12.3 Å². The molecule has 0 saturated heterocycles. The molecule has 5 aromatic rings. The zero-order chi connectivity index (χ0) is 23.2. The van der Waals surface area contributed by atoms with Gasteiger partial charge in [0.15, 0.2) is 0 Å². The minimum atomic E-state index is -0.781. The Morgan fingerprint density at radius 3 is 1.12 bits per heavy atom. The van der Waals surface area contributed by atoms with Crippen molar-refractivity contribution in [2.24, 2.45) is 0 Å². The van der Waals surface area contributed by atoms with Crippen LogP contribution in [0.5, 0.6) is 0 Å². The van der Waals surface area contributed by atoms with Gasteiger partial charge >= 0.3 is 0 Å². The molecule has 0 heterocycles. The van der Waals surface area contributed by atoms with E-state index in [-0.39, 0.29) is 0 Å². The van der Waals surface area contributed by atoms with Crippen molar-refractivity contribution in [3.05, 3.63) is 145 Å². The fraction of sp³-hybridized carbons (Fsp3) is 0. The molecule has 0 aliphatic rings. The Balaban J connectivity index is 1.80. The summed E-state index contributed by atoms with van der Waals surface area (Å²) in [7, 11) is -1.53. The van der Waals surface area contributed by atoms with Crippen LogP contribution in [0.4, 0.5) is 0 Å². The summed E-state index contributed by atoms with van der Waals surface area (Å²) in [4.78, 5) is 0. The van der Waals surface area contributed by atoms with Gasteiger partial charge in [0.1, 0.15) is 0 Å². The molecule has 0 saturated carbocycles. The molecule has 5 aromatic carbocycles. The molecular formula is C32H24P2. The summed E-state index contributed by atoms with van der Waals surface area (Å²) < 4.78 is 0. The highest BCUT2D eigenvalue weighted by Gasteiger charge is 2.26. The molecule has 0 N–H and O–H groups in total. The second-order valence-electron chi connectivity index (χ2n) is 7.86. The van der Waals surface area contributed by atoms with E-state index in [1.165, 1.54) is 31.8 Å². The van der Waals surface area contributed by atoms with E-state index in [0.29, 0.717) is 0 Å². The zero-order valence-corrected chi connectivity index (χ0v) is 20.5. The lowest BCUT2D eigenvalue weighted by molar-refractivity contribution is 1.71. The van der Waals surface area contributed by atoms with Gasteiger partial charge in [0.2, 0.25) is 0 Å². The molecule has 34 heavy (non-hydrogen) atoms. The topological polar surface area (TPSA) is 0 Å². The second kappa shape index (κ2) is 10.6. The first kappa shape index (κ1) is 22.3. The average Bonchev–Trinajstić information content (AvgIpc) is 2.92. The summed E-state index contributed by atoms with van der Waals surface area (Å²) >= 11 is 0. The van der Waals surface area contributed by atoms with Crippen molar-refractivity contribution < 1.29 is 0 Å². The maximum atomic E-state index is 5.91. The fourth-order valence-corrected chi connectivity index (χ4v) is 9.42. The Hall–Kier alpha value is -3.48. The van der Waals surface area contributed by atoms with Crippen LogP contribution in [0.1, 0.15) is 5.56 Å². The molecule has 0 amide bonds. The van der Waals surface area contributed by atoms with Gasteiger partial charge in [-0.3, -0.25) is 0 Å². The largest absolute Gasteiger partial charge is 0.115 e. The first-order valence-corrected chi connectivity index (χ1v) is 13.9. The van der Waals surface area contributed by atoms with Gasteiger partial charge < -0.3 is 0 Å². The Morgan fingerprint density at radius 2 is 0.765 bits per heavy atom. The molecule has 0 unspecified atom stereocenters. The Kier molecular flexibility index (Phi) is 6.98. The van der Waals surface area contributed by atoms with E-state index in [2.05, 4.69) is 145 Å². The average molecular weight is 470 g/mol. The second-order valence-corrected chi connectivity index (χ2v) is 12.2. The van der Waals surface area contributed by atoms with Gasteiger partial charge in [-0.25, -0.2) is 0 Å². The van der Waals surface area contributed by atoms with Crippen molar-refractivity contribution in [1.29, 1.82) is 0 Å². The number of benzene rings is 5. The van der Waals surface area contributed by atoms with Crippen LogP contribution in [0.25, 0.3) is 0 Å². The van der Waals surface area contributed by atoms with Gasteiger partial charge in [-0.15, -0.1) is 6.42 Å². The van der Waals surface area contributed by atoms with Crippen molar-refractivity contribution in [3.63, 3.8) is 0 Å². The van der Waals surface area contributed by atoms with Crippen molar-refractivity contribution in [1.82, 2.24) is 0 Å². The normalized spacial score (nSPS) is 10.9. The molecule has 0 fully saturated rings. The van der Waals surface area contributed by atoms with Crippen molar-refractivity contribution in [2.75, 3.05) is 0 Å². The Morgan fingerprint density at radius 1 is 0.412 bits per heavy atom. The number of terminal acetylenes is 1. The lowest BCUT2D eigenvalue weighted by atomic mass is 10.2. The van der Waals surface area contributed by atoms with Gasteiger partial charge in [0, 0.05) is 5.56 Å². The first-order valence-electron chi connectivity index (χ1n) is 11.3. The van der Waals surface area contributed by atoms with Crippen molar-refractivity contribution in [2.45, 2.75) is 0 Å². The third-order valence-corrected chi connectivity index (χ3v) is 10.8. The molecule has 0 radical (unpaired) electrons. The highest BCUT2D eigenvalue weighted by atomic mass is 31.1. The molecule has 0 nitrogen and oxygen atoms in total. The van der Waals surface area contributed by atoms with E-state index < -0.39 is 15.8 Å². The van der Waals surface area contributed by atoms with Crippen LogP contribution in [0, 0.1) is 12.3 Å². The maximum absolute atomic E-state index is 5.91. The lowest BCUT2D eigenvalue weighted by Gasteiger charge is -2.27. The summed E-state index contributed by atoms with van der Waals surface area (Å²) in [5.41, 5.74) is 0.925. The van der Waals surface area contributed by atoms with Crippen LogP contribution in [-0.4, -0.2) is 0 Å². The van der Waals surface area contributed by atoms with Gasteiger partial charge in [0.25, 0.3) is 0 Å². The molecule has 0 aromatic heterocycles. The van der Waals surface area contributed by atoms with Crippen LogP contribution < -0.4 is 31.8 Å². The van der Waals surface area contributed by atoms with Crippen LogP contribution >= 0.6 is 15.8 Å². The highest BCUT2D eigenvalue weighted by molar-refractivity contribution is 7.85. The molecule has 162 valence electrons. The highest BCUT2D eigenvalue weighted by Crippen LogP contribution is 2.39. The van der Waals surface area contributed by atoms with E-state index in [4.69, 9.17) is 6.42 Å². The standard InChI is InChI=1S/C32H24P2/c1-2-26-23-24-31(33(27-15-7-3-8-16-27)28-17-9-4-10-18-28)32(25-26)34(29-19-11-5-12-20-29)30-21-13-6-14-22-30/h1,3-25H. The first-order chi connectivity index (χ1) is 16.8. The van der Waals surface area contributed by atoms with E-state index >= 15 is 0 Å². The van der Waals surface area contributed by atoms with Crippen molar-refractivity contribution >= 4 is 47.7 Å². The Bertz CT molecular complexity index is 1310. The summed E-state index contributed by atoms with van der Waals surface area (Å²) in [6.45, 7) is 0. The smallest absolute Gasteiger partial charge is 0.0249 e. The van der Waals surface area contributed by atoms with E-state index in [1.807, 2.05) is 0 Å². The SMILES string of the molecule is C#Cc1ccc(P(c2ccccc2)c2ccccc2)c(P(c2ccccc2)c2ccccc2)c1. The predicted octanol–water partition coefficient (Wildman–Crippen LogP) is 5.18. The lowest BCUT2D eigenvalue weighted by Crippen LogP contribution is -2.34. The van der Waals surface area contributed by atoms with Crippen LogP contribution in [0.3, 0.4) is 0 Å². The van der Waals surface area contributed by atoms with Gasteiger partial charge in [-0.05, 0) is 59.8 Å². The third-order valence-electron chi connectivity index (χ3n) is 5.68. The summed E-state index contributed by atoms with van der Waals surface area (Å²) in [5.74, 6) is 2.89. The molecular weight excluding hydrogens is 446 g/mol. The van der Waals surface area contributed by atoms with Gasteiger partial charge in [0.05, 0.1) is 0 Å². The van der Waals surface area contributed by atoms with Crippen LogP contribution in [0.2, 0.25) is 0 Å². The summed E-state index contributed by atoms with van der Waals surface area (Å²) in [5, 5.41) is 8.04. The Labute approximate surface area is 204 Å². The minimum absolute atomic E-state index is 0.750. The zero-order valence-electron chi connectivity index (χ0n) is 18.8. The molecule has 0 atom stereocenters. The molecule has 2 heteroatoms. The van der Waals surface area contributed by atoms with Crippen LogP contribution in [0.15, 0.2) is 140 Å². The molecule has 0 aliphatic heterocycles. The minimum Gasteiger partial charge on any atom is -0.115 e. The molecule has 0 aliphatic carbocycles. The number of rotatable bonds is 6.